The van der Waals surface area contributed by atoms with Crippen LogP contribution in [0, 0.1) is 24.0 Å². The van der Waals surface area contributed by atoms with Gasteiger partial charge in [0.1, 0.15) is 5.75 Å². The van der Waals surface area contributed by atoms with Gasteiger partial charge in [-0.05, 0) is 61.4 Å². The van der Waals surface area contributed by atoms with Crippen molar-refractivity contribution in [3.63, 3.8) is 0 Å². The third-order valence-corrected chi connectivity index (χ3v) is 4.74. The molecule has 0 aliphatic heterocycles. The zero-order chi connectivity index (χ0) is 21.7. The summed E-state index contributed by atoms with van der Waals surface area (Å²) in [5.41, 5.74) is 5.75. The smallest absolute Gasteiger partial charge is 0.277 e. The van der Waals surface area contributed by atoms with Crippen molar-refractivity contribution in [2.75, 3.05) is 6.61 Å². The molecule has 0 atom stereocenters. The third-order valence-electron chi connectivity index (χ3n) is 4.28. The first kappa shape index (κ1) is 21.3. The van der Waals surface area contributed by atoms with Gasteiger partial charge in [0.05, 0.1) is 16.8 Å². The summed E-state index contributed by atoms with van der Waals surface area (Å²) in [5, 5.41) is 14.8. The van der Waals surface area contributed by atoms with Crippen molar-refractivity contribution in [1.82, 2.24) is 9.99 Å². The van der Waals surface area contributed by atoms with E-state index in [0.717, 1.165) is 21.3 Å². The lowest BCUT2D eigenvalue weighted by Gasteiger charge is -2.11. The van der Waals surface area contributed by atoms with Gasteiger partial charge >= 0.3 is 0 Å². The molecule has 0 unspecified atom stereocenters. The second-order valence-corrected chi connectivity index (χ2v) is 7.44. The summed E-state index contributed by atoms with van der Waals surface area (Å²) in [7, 11) is 0. The van der Waals surface area contributed by atoms with E-state index in [1.165, 1.54) is 18.3 Å². The Labute approximate surface area is 181 Å². The molecule has 1 amide bonds. The SMILES string of the molecule is Cc1cc(Br)cc(C)c1OCC(=O)NN=Cc1cccn1-c1ccc([N+](=O)[O-])cc1. The van der Waals surface area contributed by atoms with Gasteiger partial charge in [-0.3, -0.25) is 14.9 Å². The molecule has 1 heterocycles. The molecule has 0 fully saturated rings. The quantitative estimate of drug-likeness (QED) is 0.316. The number of amides is 1. The molecule has 3 rings (SSSR count). The number of aromatic nitrogens is 1. The number of rotatable bonds is 7. The number of nitrogens with zero attached hydrogens (tertiary/aromatic N) is 3. The van der Waals surface area contributed by atoms with Crippen molar-refractivity contribution in [3.8, 4) is 11.4 Å². The molecule has 0 saturated carbocycles. The molecule has 0 bridgehead atoms. The Morgan fingerprint density at radius 2 is 1.90 bits per heavy atom. The molecule has 0 spiro atoms. The normalized spacial score (nSPS) is 10.9. The largest absolute Gasteiger partial charge is 0.483 e. The first-order valence-electron chi connectivity index (χ1n) is 8.99. The maximum absolute atomic E-state index is 12.1. The average Bonchev–Trinajstić information content (AvgIpc) is 3.15. The highest BCUT2D eigenvalue weighted by atomic mass is 79.9. The summed E-state index contributed by atoms with van der Waals surface area (Å²) in [6, 6.07) is 13.6. The number of non-ortho nitro benzene ring substituents is 1. The van der Waals surface area contributed by atoms with E-state index in [1.807, 2.05) is 38.1 Å². The number of nitro groups is 1. The van der Waals surface area contributed by atoms with Crippen molar-refractivity contribution in [1.29, 1.82) is 0 Å². The molecule has 1 aromatic heterocycles. The lowest BCUT2D eigenvalue weighted by Crippen LogP contribution is -2.25. The van der Waals surface area contributed by atoms with Gasteiger partial charge in [0.2, 0.25) is 0 Å². The van der Waals surface area contributed by atoms with Crippen molar-refractivity contribution in [2.45, 2.75) is 13.8 Å². The maximum atomic E-state index is 12.1. The third kappa shape index (κ3) is 5.12. The van der Waals surface area contributed by atoms with Crippen molar-refractivity contribution in [3.05, 3.63) is 86.1 Å². The Morgan fingerprint density at radius 1 is 1.23 bits per heavy atom. The average molecular weight is 471 g/mol. The Kier molecular flexibility index (Phi) is 6.63. The van der Waals surface area contributed by atoms with E-state index < -0.39 is 4.92 Å². The Hall–Kier alpha value is -3.46. The van der Waals surface area contributed by atoms with Crippen LogP contribution in [-0.4, -0.2) is 28.2 Å². The molecule has 1 N–H and O–H groups in total. The van der Waals surface area contributed by atoms with Crippen LogP contribution in [0.15, 0.2) is 64.3 Å². The van der Waals surface area contributed by atoms with Crippen LogP contribution in [0.25, 0.3) is 5.69 Å². The number of ether oxygens (including phenoxy) is 1. The van der Waals surface area contributed by atoms with Gasteiger partial charge < -0.3 is 9.30 Å². The van der Waals surface area contributed by atoms with Crippen LogP contribution >= 0.6 is 15.9 Å². The van der Waals surface area contributed by atoms with E-state index in [0.29, 0.717) is 11.4 Å². The highest BCUT2D eigenvalue weighted by Crippen LogP contribution is 2.27. The Balaban J connectivity index is 1.60. The van der Waals surface area contributed by atoms with E-state index in [9.17, 15) is 14.9 Å². The highest BCUT2D eigenvalue weighted by Gasteiger charge is 2.09. The number of hydrazone groups is 1. The summed E-state index contributed by atoms with van der Waals surface area (Å²) in [5.74, 6) is 0.283. The van der Waals surface area contributed by atoms with Crippen LogP contribution in [0.3, 0.4) is 0 Å². The molecule has 8 nitrogen and oxygen atoms in total. The van der Waals surface area contributed by atoms with Crippen LogP contribution in [-0.2, 0) is 4.79 Å². The number of hydrogen-bond donors (Lipinski definition) is 1. The first-order valence-corrected chi connectivity index (χ1v) is 9.78. The number of benzene rings is 2. The molecule has 2 aromatic carbocycles. The number of halogens is 1. The van der Waals surface area contributed by atoms with Crippen LogP contribution in [0.5, 0.6) is 5.75 Å². The van der Waals surface area contributed by atoms with Crippen LogP contribution < -0.4 is 10.2 Å². The zero-order valence-corrected chi connectivity index (χ0v) is 17.9. The minimum Gasteiger partial charge on any atom is -0.483 e. The molecule has 0 saturated heterocycles. The second kappa shape index (κ2) is 9.36. The molecular formula is C21H19BrN4O4. The fraction of sp³-hybridized carbons (Fsp3) is 0.143. The monoisotopic (exact) mass is 470 g/mol. The topological polar surface area (TPSA) is 98.8 Å². The minimum atomic E-state index is -0.448. The van der Waals surface area contributed by atoms with Gasteiger partial charge in [-0.1, -0.05) is 15.9 Å². The molecule has 3 aromatic rings. The van der Waals surface area contributed by atoms with E-state index >= 15 is 0 Å². The first-order chi connectivity index (χ1) is 14.3. The van der Waals surface area contributed by atoms with Crippen molar-refractivity contribution in [2.24, 2.45) is 5.10 Å². The number of nitro benzene ring substituents is 1. The lowest BCUT2D eigenvalue weighted by atomic mass is 10.1. The number of carbonyl (C=O) groups is 1. The van der Waals surface area contributed by atoms with Crippen LogP contribution in [0.2, 0.25) is 0 Å². The number of aryl methyl sites for hydroxylation is 2. The van der Waals surface area contributed by atoms with Gasteiger partial charge in [-0.25, -0.2) is 5.43 Å². The molecule has 0 radical (unpaired) electrons. The maximum Gasteiger partial charge on any atom is 0.277 e. The van der Waals surface area contributed by atoms with Gasteiger partial charge in [-0.2, -0.15) is 5.10 Å². The molecule has 30 heavy (non-hydrogen) atoms. The van der Waals surface area contributed by atoms with E-state index in [1.54, 1.807) is 22.9 Å². The van der Waals surface area contributed by atoms with Crippen molar-refractivity contribution < 1.29 is 14.5 Å². The predicted molar refractivity (Wildman–Crippen MR) is 117 cm³/mol. The summed E-state index contributed by atoms with van der Waals surface area (Å²) < 4.78 is 8.38. The number of carbonyl (C=O) groups excluding carboxylic acids is 1. The van der Waals surface area contributed by atoms with E-state index in [-0.39, 0.29) is 18.2 Å². The highest BCUT2D eigenvalue weighted by molar-refractivity contribution is 9.10. The van der Waals surface area contributed by atoms with E-state index in [4.69, 9.17) is 4.74 Å². The summed E-state index contributed by atoms with van der Waals surface area (Å²) in [6.07, 6.45) is 3.29. The van der Waals surface area contributed by atoms with Crippen LogP contribution in [0.1, 0.15) is 16.8 Å². The Morgan fingerprint density at radius 3 is 2.53 bits per heavy atom. The molecular weight excluding hydrogens is 452 g/mol. The molecule has 0 aliphatic rings. The minimum absolute atomic E-state index is 0.0182. The summed E-state index contributed by atoms with van der Waals surface area (Å²) in [4.78, 5) is 22.4. The van der Waals surface area contributed by atoms with Crippen molar-refractivity contribution >= 4 is 33.7 Å². The van der Waals surface area contributed by atoms with Gasteiger partial charge in [-0.15, -0.1) is 0 Å². The second-order valence-electron chi connectivity index (χ2n) is 6.53. The fourth-order valence-electron chi connectivity index (χ4n) is 2.93. The fourth-order valence-corrected chi connectivity index (χ4v) is 3.62. The van der Waals surface area contributed by atoms with Gasteiger partial charge in [0, 0.05) is 28.5 Å². The lowest BCUT2D eigenvalue weighted by molar-refractivity contribution is -0.384. The molecule has 0 aliphatic carbocycles. The number of nitrogens with one attached hydrogen (secondary N) is 1. The Bertz CT molecular complexity index is 1080. The van der Waals surface area contributed by atoms with Crippen LogP contribution in [0.4, 0.5) is 5.69 Å². The molecule has 9 heteroatoms. The van der Waals surface area contributed by atoms with E-state index in [2.05, 4.69) is 26.5 Å². The van der Waals surface area contributed by atoms with Gasteiger partial charge in [0.15, 0.2) is 6.61 Å². The van der Waals surface area contributed by atoms with Gasteiger partial charge in [0.25, 0.3) is 11.6 Å². The summed E-state index contributed by atoms with van der Waals surface area (Å²) >= 11 is 3.43. The number of hydrogen-bond acceptors (Lipinski definition) is 5. The zero-order valence-electron chi connectivity index (χ0n) is 16.3. The standard InChI is InChI=1S/C21H19BrN4O4/c1-14-10-16(22)11-15(2)21(14)30-13-20(27)24-23-12-19-4-3-9-25(19)17-5-7-18(8-6-17)26(28)29/h3-12H,13H2,1-2H3,(H,24,27). The molecule has 154 valence electrons. The predicted octanol–water partition coefficient (Wildman–Crippen LogP) is 4.29. The summed E-state index contributed by atoms with van der Waals surface area (Å²) in [6.45, 7) is 3.66.